The maximum Gasteiger partial charge on any atom is 0.408 e. The van der Waals surface area contributed by atoms with Gasteiger partial charge in [0.25, 0.3) is 0 Å². The van der Waals surface area contributed by atoms with Crippen LogP contribution in [0.5, 0.6) is 0 Å². The standard InChI is InChI=1S/C16H16N4O5/c1-19-13-11(7-17-19)12(8-20(16(23)24)14(13)15(21)22)18-25-9-10-5-3-2-4-6-10/h2-7,14H,8-9H2,1H3,(H,21,22)(H,23,24)/b18-12+. The first-order chi connectivity index (χ1) is 12.0. The number of carbonyl (C=O) groups is 2. The average molecular weight is 344 g/mol. The zero-order valence-corrected chi connectivity index (χ0v) is 13.4. The molecule has 2 aromatic rings. The molecule has 1 aliphatic rings. The average Bonchev–Trinajstić information content (AvgIpc) is 2.97. The van der Waals surface area contributed by atoms with Crippen LogP contribution in [-0.2, 0) is 23.3 Å². The monoisotopic (exact) mass is 344 g/mol. The van der Waals surface area contributed by atoms with Crippen molar-refractivity contribution in [2.75, 3.05) is 6.54 Å². The zero-order chi connectivity index (χ0) is 18.0. The van der Waals surface area contributed by atoms with Crippen molar-refractivity contribution >= 4 is 17.8 Å². The Morgan fingerprint density at radius 1 is 1.32 bits per heavy atom. The Labute approximate surface area is 142 Å². The molecule has 0 saturated carbocycles. The lowest BCUT2D eigenvalue weighted by molar-refractivity contribution is -0.143. The first-order valence-electron chi connectivity index (χ1n) is 7.46. The fourth-order valence-corrected chi connectivity index (χ4v) is 2.74. The summed E-state index contributed by atoms with van der Waals surface area (Å²) in [5, 5.41) is 26.9. The summed E-state index contributed by atoms with van der Waals surface area (Å²) in [5.41, 5.74) is 1.95. The molecule has 9 heteroatoms. The van der Waals surface area contributed by atoms with Gasteiger partial charge >= 0.3 is 12.1 Å². The van der Waals surface area contributed by atoms with E-state index in [1.807, 2.05) is 30.3 Å². The van der Waals surface area contributed by atoms with Crippen LogP contribution in [0.25, 0.3) is 0 Å². The summed E-state index contributed by atoms with van der Waals surface area (Å²) in [5.74, 6) is -1.27. The van der Waals surface area contributed by atoms with Crippen molar-refractivity contribution in [1.29, 1.82) is 0 Å². The van der Waals surface area contributed by atoms with Crippen LogP contribution in [0.4, 0.5) is 4.79 Å². The Bertz CT molecular complexity index is 830. The molecule has 3 rings (SSSR count). The highest BCUT2D eigenvalue weighted by Gasteiger charge is 2.41. The topological polar surface area (TPSA) is 117 Å². The SMILES string of the molecule is Cn1ncc2c1C(C(=O)O)N(C(=O)O)C/C2=N\OCc1ccccc1. The lowest BCUT2D eigenvalue weighted by Crippen LogP contribution is -2.46. The van der Waals surface area contributed by atoms with E-state index < -0.39 is 18.1 Å². The molecule has 1 amide bonds. The number of hydrogen-bond acceptors (Lipinski definition) is 5. The fraction of sp³-hybridized carbons (Fsp3) is 0.250. The Hall–Kier alpha value is -3.36. The third kappa shape index (κ3) is 3.16. The number of aliphatic carboxylic acids is 1. The number of carboxylic acid groups (broad SMARTS) is 2. The third-order valence-electron chi connectivity index (χ3n) is 3.91. The quantitative estimate of drug-likeness (QED) is 0.811. The maximum absolute atomic E-state index is 11.6. The summed E-state index contributed by atoms with van der Waals surface area (Å²) < 4.78 is 1.34. The lowest BCUT2D eigenvalue weighted by Gasteiger charge is -2.31. The van der Waals surface area contributed by atoms with Gasteiger partial charge in [0.05, 0.1) is 18.4 Å². The molecule has 130 valence electrons. The minimum Gasteiger partial charge on any atom is -0.479 e. The van der Waals surface area contributed by atoms with Crippen molar-refractivity contribution in [3.63, 3.8) is 0 Å². The second kappa shape index (κ2) is 6.63. The van der Waals surface area contributed by atoms with Gasteiger partial charge in [-0.2, -0.15) is 5.10 Å². The van der Waals surface area contributed by atoms with Gasteiger partial charge in [-0.25, -0.2) is 9.59 Å². The van der Waals surface area contributed by atoms with Crippen molar-refractivity contribution in [2.45, 2.75) is 12.6 Å². The number of hydrogen-bond donors (Lipinski definition) is 2. The smallest absolute Gasteiger partial charge is 0.408 e. The molecule has 2 heterocycles. The molecular formula is C16H16N4O5. The Kier molecular flexibility index (Phi) is 4.38. The second-order valence-electron chi connectivity index (χ2n) is 5.52. The first-order valence-corrected chi connectivity index (χ1v) is 7.46. The fourth-order valence-electron chi connectivity index (χ4n) is 2.74. The normalized spacial score (nSPS) is 18.0. The van der Waals surface area contributed by atoms with Gasteiger partial charge in [0.2, 0.25) is 0 Å². The number of fused-ring (bicyclic) bond motifs is 1. The molecule has 2 N–H and O–H groups in total. The largest absolute Gasteiger partial charge is 0.479 e. The predicted molar refractivity (Wildman–Crippen MR) is 86.1 cm³/mol. The van der Waals surface area contributed by atoms with Gasteiger partial charge in [-0.3, -0.25) is 9.58 Å². The number of nitrogens with zero attached hydrogens (tertiary/aromatic N) is 4. The van der Waals surface area contributed by atoms with Crippen molar-refractivity contribution in [3.05, 3.63) is 53.3 Å². The van der Waals surface area contributed by atoms with Gasteiger partial charge in [-0.15, -0.1) is 0 Å². The highest BCUT2D eigenvalue weighted by Crippen LogP contribution is 2.30. The molecule has 25 heavy (non-hydrogen) atoms. The number of carboxylic acids is 1. The van der Waals surface area contributed by atoms with Gasteiger partial charge in [-0.1, -0.05) is 35.5 Å². The van der Waals surface area contributed by atoms with Gasteiger partial charge in [0.1, 0.15) is 12.3 Å². The van der Waals surface area contributed by atoms with Crippen LogP contribution < -0.4 is 0 Å². The van der Waals surface area contributed by atoms with Crippen LogP contribution in [0.15, 0.2) is 41.7 Å². The molecule has 0 bridgehead atoms. The van der Waals surface area contributed by atoms with Gasteiger partial charge < -0.3 is 15.1 Å². The highest BCUT2D eigenvalue weighted by atomic mass is 16.6. The molecule has 0 radical (unpaired) electrons. The summed E-state index contributed by atoms with van der Waals surface area (Å²) in [6.45, 7) is 0.0230. The van der Waals surface area contributed by atoms with E-state index in [9.17, 15) is 19.8 Å². The van der Waals surface area contributed by atoms with E-state index in [2.05, 4.69) is 10.3 Å². The van der Waals surface area contributed by atoms with Crippen molar-refractivity contribution in [2.24, 2.45) is 12.2 Å². The van der Waals surface area contributed by atoms with E-state index in [4.69, 9.17) is 4.84 Å². The lowest BCUT2D eigenvalue weighted by atomic mass is 9.98. The molecule has 1 aliphatic heterocycles. The number of amides is 1. The van der Waals surface area contributed by atoms with Crippen LogP contribution in [-0.4, -0.2) is 49.2 Å². The summed E-state index contributed by atoms with van der Waals surface area (Å²) >= 11 is 0. The maximum atomic E-state index is 11.6. The van der Waals surface area contributed by atoms with E-state index in [-0.39, 0.29) is 18.8 Å². The Balaban J connectivity index is 1.91. The molecule has 0 aliphatic carbocycles. The minimum absolute atomic E-state index is 0.195. The van der Waals surface area contributed by atoms with Crippen LogP contribution in [0, 0.1) is 0 Å². The van der Waals surface area contributed by atoms with Gasteiger partial charge in [0.15, 0.2) is 6.04 Å². The van der Waals surface area contributed by atoms with E-state index in [0.717, 1.165) is 10.5 Å². The van der Waals surface area contributed by atoms with Gasteiger partial charge in [-0.05, 0) is 5.56 Å². The highest BCUT2D eigenvalue weighted by molar-refractivity contribution is 6.06. The Morgan fingerprint density at radius 3 is 2.68 bits per heavy atom. The summed E-state index contributed by atoms with van der Waals surface area (Å²) in [4.78, 5) is 29.2. The summed E-state index contributed by atoms with van der Waals surface area (Å²) in [7, 11) is 1.56. The molecule has 9 nitrogen and oxygen atoms in total. The van der Waals surface area contributed by atoms with Crippen LogP contribution in [0.2, 0.25) is 0 Å². The van der Waals surface area contributed by atoms with Crippen LogP contribution >= 0.6 is 0 Å². The van der Waals surface area contributed by atoms with Crippen molar-refractivity contribution in [3.8, 4) is 0 Å². The first kappa shape index (κ1) is 16.5. The number of rotatable bonds is 4. The minimum atomic E-state index is -1.35. The second-order valence-corrected chi connectivity index (χ2v) is 5.52. The third-order valence-corrected chi connectivity index (χ3v) is 3.91. The molecule has 0 spiro atoms. The molecule has 1 aromatic carbocycles. The predicted octanol–water partition coefficient (Wildman–Crippen LogP) is 1.46. The number of aryl methyl sites for hydroxylation is 1. The molecule has 1 atom stereocenters. The van der Waals surface area contributed by atoms with Crippen molar-refractivity contribution in [1.82, 2.24) is 14.7 Å². The van der Waals surface area contributed by atoms with E-state index in [1.54, 1.807) is 7.05 Å². The summed E-state index contributed by atoms with van der Waals surface area (Å²) in [6.07, 6.45) is 0.116. The van der Waals surface area contributed by atoms with Crippen LogP contribution in [0.1, 0.15) is 22.9 Å². The van der Waals surface area contributed by atoms with E-state index in [1.165, 1.54) is 10.9 Å². The Morgan fingerprint density at radius 2 is 2.04 bits per heavy atom. The zero-order valence-electron chi connectivity index (χ0n) is 13.4. The number of benzene rings is 1. The molecule has 0 fully saturated rings. The summed E-state index contributed by atoms with van der Waals surface area (Å²) in [6, 6.07) is 8.04. The van der Waals surface area contributed by atoms with Crippen LogP contribution in [0.3, 0.4) is 0 Å². The van der Waals surface area contributed by atoms with Gasteiger partial charge in [0, 0.05) is 12.6 Å². The van der Waals surface area contributed by atoms with Crippen molar-refractivity contribution < 1.29 is 24.6 Å². The number of aromatic nitrogens is 2. The number of oxime groups is 1. The molecule has 0 saturated heterocycles. The molecule has 1 unspecified atom stereocenters. The molecular weight excluding hydrogens is 328 g/mol. The van der Waals surface area contributed by atoms with E-state index in [0.29, 0.717) is 11.3 Å². The van der Waals surface area contributed by atoms with E-state index >= 15 is 0 Å². The molecule has 1 aromatic heterocycles.